The van der Waals surface area contributed by atoms with E-state index in [1.807, 2.05) is 13.0 Å². The topological polar surface area (TPSA) is 89.8 Å². The number of aromatic nitrogens is 4. The summed E-state index contributed by atoms with van der Waals surface area (Å²) in [6.07, 6.45) is 4.64. The molecular formula is C15H13N5O2. The van der Waals surface area contributed by atoms with Crippen LogP contribution in [0.5, 0.6) is 0 Å². The summed E-state index contributed by atoms with van der Waals surface area (Å²) in [6, 6.07) is 6.75. The number of nitrogens with one attached hydrogen (secondary N) is 1. The first-order chi connectivity index (χ1) is 10.7. The Kier molecular flexibility index (Phi) is 3.61. The number of pyridine rings is 2. The van der Waals surface area contributed by atoms with E-state index in [1.54, 1.807) is 18.3 Å². The Morgan fingerprint density at radius 1 is 1.18 bits per heavy atom. The lowest BCUT2D eigenvalue weighted by Gasteiger charge is -2.09. The summed E-state index contributed by atoms with van der Waals surface area (Å²) in [5.74, 6) is -0.384. The average Bonchev–Trinajstić information content (AvgIpc) is 2.55. The van der Waals surface area contributed by atoms with Gasteiger partial charge in [0.25, 0.3) is 11.5 Å². The number of hydrogen-bond donors (Lipinski definition) is 1. The minimum absolute atomic E-state index is 0.0369. The third-order valence-corrected chi connectivity index (χ3v) is 3.20. The maximum absolute atomic E-state index is 12.5. The molecule has 7 nitrogen and oxygen atoms in total. The monoisotopic (exact) mass is 295 g/mol. The fourth-order valence-electron chi connectivity index (χ4n) is 2.19. The van der Waals surface area contributed by atoms with Gasteiger partial charge in [0.2, 0.25) is 5.95 Å². The molecule has 0 aliphatic heterocycles. The molecule has 0 fully saturated rings. The number of amides is 1. The molecule has 110 valence electrons. The molecule has 0 aliphatic carbocycles. The molecule has 3 aromatic rings. The van der Waals surface area contributed by atoms with E-state index >= 15 is 0 Å². The van der Waals surface area contributed by atoms with Crippen LogP contribution in [0.25, 0.3) is 11.0 Å². The van der Waals surface area contributed by atoms with Gasteiger partial charge in [0.1, 0.15) is 11.2 Å². The van der Waals surface area contributed by atoms with E-state index in [4.69, 9.17) is 0 Å². The lowest BCUT2D eigenvalue weighted by atomic mass is 10.2. The summed E-state index contributed by atoms with van der Waals surface area (Å²) < 4.78 is 1.47. The maximum Gasteiger partial charge on any atom is 0.265 e. The Morgan fingerprint density at radius 2 is 1.91 bits per heavy atom. The molecule has 0 saturated heterocycles. The molecule has 7 heteroatoms. The first-order valence-corrected chi connectivity index (χ1v) is 6.77. The van der Waals surface area contributed by atoms with Crippen LogP contribution in [0.3, 0.4) is 0 Å². The first-order valence-electron chi connectivity index (χ1n) is 6.77. The van der Waals surface area contributed by atoms with Gasteiger partial charge in [0.15, 0.2) is 0 Å². The van der Waals surface area contributed by atoms with Crippen molar-refractivity contribution in [3.8, 4) is 0 Å². The molecule has 22 heavy (non-hydrogen) atoms. The average molecular weight is 295 g/mol. The van der Waals surface area contributed by atoms with Crippen molar-refractivity contribution in [1.82, 2.24) is 19.5 Å². The molecule has 0 aliphatic rings. The van der Waals surface area contributed by atoms with Crippen LogP contribution in [0.4, 0.5) is 5.95 Å². The van der Waals surface area contributed by atoms with Gasteiger partial charge in [0, 0.05) is 30.5 Å². The van der Waals surface area contributed by atoms with Gasteiger partial charge in [-0.25, -0.2) is 15.0 Å². The normalized spacial score (nSPS) is 10.6. The van der Waals surface area contributed by atoms with Crippen LogP contribution in [-0.4, -0.2) is 25.4 Å². The number of rotatable bonds is 3. The highest BCUT2D eigenvalue weighted by Gasteiger charge is 2.16. The van der Waals surface area contributed by atoms with Gasteiger partial charge in [-0.15, -0.1) is 0 Å². The smallest absolute Gasteiger partial charge is 0.265 e. The van der Waals surface area contributed by atoms with Crippen molar-refractivity contribution < 1.29 is 4.79 Å². The Labute approximate surface area is 125 Å². The highest BCUT2D eigenvalue weighted by atomic mass is 16.2. The second-order valence-corrected chi connectivity index (χ2v) is 4.55. The van der Waals surface area contributed by atoms with Crippen LogP contribution in [-0.2, 0) is 6.54 Å². The van der Waals surface area contributed by atoms with E-state index in [-0.39, 0.29) is 17.1 Å². The molecule has 0 bridgehead atoms. The number of carbonyl (C=O) groups is 1. The van der Waals surface area contributed by atoms with Crippen molar-refractivity contribution in [2.75, 3.05) is 5.32 Å². The molecule has 3 aromatic heterocycles. The number of carbonyl (C=O) groups excluding carboxylic acids is 1. The minimum Gasteiger partial charge on any atom is -0.292 e. The van der Waals surface area contributed by atoms with Crippen LogP contribution in [0.1, 0.15) is 17.3 Å². The maximum atomic E-state index is 12.5. The van der Waals surface area contributed by atoms with E-state index < -0.39 is 5.91 Å². The lowest BCUT2D eigenvalue weighted by molar-refractivity contribution is 0.102. The Bertz CT molecular complexity index is 889. The number of fused-ring (bicyclic) bond motifs is 1. The van der Waals surface area contributed by atoms with Crippen molar-refractivity contribution >= 4 is 22.9 Å². The Morgan fingerprint density at radius 3 is 2.64 bits per heavy atom. The zero-order chi connectivity index (χ0) is 15.5. The van der Waals surface area contributed by atoms with Gasteiger partial charge in [-0.2, -0.15) is 0 Å². The molecule has 0 radical (unpaired) electrons. The zero-order valence-corrected chi connectivity index (χ0v) is 11.9. The Hall–Kier alpha value is -3.09. The van der Waals surface area contributed by atoms with Gasteiger partial charge in [0.05, 0.1) is 0 Å². The molecule has 0 unspecified atom stereocenters. The highest BCUT2D eigenvalue weighted by Crippen LogP contribution is 2.11. The summed E-state index contributed by atoms with van der Waals surface area (Å²) in [6.45, 7) is 2.26. The standard InChI is InChI=1S/C15H13N5O2/c1-2-20-12-10(5-3-6-16-12)9-11(14(20)22)13(21)19-15-17-7-4-8-18-15/h3-9H,2H2,1H3,(H,17,18,19,21). The number of aryl methyl sites for hydroxylation is 1. The van der Waals surface area contributed by atoms with Gasteiger partial charge >= 0.3 is 0 Å². The second-order valence-electron chi connectivity index (χ2n) is 4.55. The quantitative estimate of drug-likeness (QED) is 0.790. The molecule has 1 N–H and O–H groups in total. The molecule has 0 saturated carbocycles. The molecule has 1 amide bonds. The van der Waals surface area contributed by atoms with E-state index in [2.05, 4.69) is 20.3 Å². The summed E-state index contributed by atoms with van der Waals surface area (Å²) in [4.78, 5) is 36.8. The van der Waals surface area contributed by atoms with E-state index in [1.165, 1.54) is 23.0 Å². The predicted octanol–water partition coefficient (Wildman–Crippen LogP) is 1.46. The zero-order valence-electron chi connectivity index (χ0n) is 11.9. The van der Waals surface area contributed by atoms with Crippen molar-refractivity contribution in [3.05, 3.63) is 58.8 Å². The van der Waals surface area contributed by atoms with E-state index in [0.717, 1.165) is 5.39 Å². The van der Waals surface area contributed by atoms with Crippen molar-refractivity contribution in [2.45, 2.75) is 13.5 Å². The van der Waals surface area contributed by atoms with Gasteiger partial charge in [-0.05, 0) is 31.2 Å². The lowest BCUT2D eigenvalue weighted by Crippen LogP contribution is -2.29. The molecule has 3 rings (SSSR count). The van der Waals surface area contributed by atoms with Crippen molar-refractivity contribution in [2.24, 2.45) is 0 Å². The molecular weight excluding hydrogens is 282 g/mol. The number of nitrogens with zero attached hydrogens (tertiary/aromatic N) is 4. The fraction of sp³-hybridized carbons (Fsp3) is 0.133. The van der Waals surface area contributed by atoms with Crippen molar-refractivity contribution in [3.63, 3.8) is 0 Å². The van der Waals surface area contributed by atoms with Crippen LogP contribution < -0.4 is 10.9 Å². The van der Waals surface area contributed by atoms with E-state index in [9.17, 15) is 9.59 Å². The van der Waals surface area contributed by atoms with Crippen molar-refractivity contribution in [1.29, 1.82) is 0 Å². The van der Waals surface area contributed by atoms with Gasteiger partial charge in [-0.3, -0.25) is 19.5 Å². The van der Waals surface area contributed by atoms with Crippen LogP contribution in [0.15, 0.2) is 47.7 Å². The summed E-state index contributed by atoms with van der Waals surface area (Å²) in [7, 11) is 0. The van der Waals surface area contributed by atoms with Crippen LogP contribution in [0.2, 0.25) is 0 Å². The largest absolute Gasteiger partial charge is 0.292 e. The number of anilines is 1. The third kappa shape index (κ3) is 2.44. The van der Waals surface area contributed by atoms with Gasteiger partial charge in [-0.1, -0.05) is 0 Å². The second kappa shape index (κ2) is 5.72. The summed E-state index contributed by atoms with van der Waals surface area (Å²) in [5, 5.41) is 3.25. The van der Waals surface area contributed by atoms with E-state index in [0.29, 0.717) is 12.2 Å². The highest BCUT2D eigenvalue weighted by molar-refractivity contribution is 6.04. The Balaban J connectivity index is 2.09. The third-order valence-electron chi connectivity index (χ3n) is 3.20. The van der Waals surface area contributed by atoms with Crippen LogP contribution in [0, 0.1) is 0 Å². The van der Waals surface area contributed by atoms with Crippen LogP contribution >= 0.6 is 0 Å². The molecule has 0 spiro atoms. The summed E-state index contributed by atoms with van der Waals surface area (Å²) >= 11 is 0. The molecule has 0 aromatic carbocycles. The molecule has 0 atom stereocenters. The first kappa shape index (κ1) is 13.9. The SMILES string of the molecule is CCn1c(=O)c(C(=O)Nc2ncccn2)cc2cccnc21. The number of hydrogen-bond acceptors (Lipinski definition) is 5. The molecule has 3 heterocycles. The van der Waals surface area contributed by atoms with Gasteiger partial charge < -0.3 is 0 Å². The summed E-state index contributed by atoms with van der Waals surface area (Å²) in [5.41, 5.74) is 0.208. The predicted molar refractivity (Wildman–Crippen MR) is 81.7 cm³/mol. The fourth-order valence-corrected chi connectivity index (χ4v) is 2.19. The minimum atomic E-state index is -0.538.